The predicted octanol–water partition coefficient (Wildman–Crippen LogP) is -1.37. The van der Waals surface area contributed by atoms with Crippen LogP contribution in [0.5, 0.6) is 0 Å². The lowest BCUT2D eigenvalue weighted by Crippen LogP contribution is -2.65. The maximum Gasteiger partial charge on any atom is 0.264 e. The largest absolute Gasteiger partial charge is 0.394 e. The third kappa shape index (κ3) is 5.45. The van der Waals surface area contributed by atoms with E-state index in [-0.39, 0.29) is 10.8 Å². The first-order chi connectivity index (χ1) is 14.7. The lowest BCUT2D eigenvalue weighted by molar-refractivity contribution is -0.188. The van der Waals surface area contributed by atoms with E-state index in [1.807, 2.05) is 0 Å². The summed E-state index contributed by atoms with van der Waals surface area (Å²) in [5.74, 6) is -0.522. The average Bonchev–Trinajstić information content (AvgIpc) is 2.74. The number of carbonyl (C=O) groups is 1. The average molecular weight is 453 g/mol. The van der Waals surface area contributed by atoms with E-state index in [1.165, 1.54) is 43.6 Å². The molecule has 0 saturated carbocycles. The Morgan fingerprint density at radius 3 is 2.35 bits per heavy atom. The van der Waals surface area contributed by atoms with Crippen molar-refractivity contribution in [3.63, 3.8) is 0 Å². The van der Waals surface area contributed by atoms with Crippen LogP contribution in [0.1, 0.15) is 6.92 Å². The van der Waals surface area contributed by atoms with E-state index in [9.17, 15) is 28.5 Å². The fourth-order valence-electron chi connectivity index (χ4n) is 3.06. The first kappa shape index (κ1) is 22.8. The second-order valence-corrected chi connectivity index (χ2v) is 8.51. The maximum absolute atomic E-state index is 12.5. The Bertz CT molecular complexity index is 990. The second kappa shape index (κ2) is 9.53. The Morgan fingerprint density at radius 1 is 1.13 bits per heavy atom. The van der Waals surface area contributed by atoms with Gasteiger partial charge in [0.15, 0.2) is 6.23 Å². The van der Waals surface area contributed by atoms with Crippen LogP contribution in [0, 0.1) is 0 Å². The Kier molecular flexibility index (Phi) is 7.02. The molecule has 5 atom stereocenters. The number of anilines is 2. The van der Waals surface area contributed by atoms with Gasteiger partial charge in [-0.25, -0.2) is 23.1 Å². The lowest BCUT2D eigenvalue weighted by atomic mass is 9.96. The summed E-state index contributed by atoms with van der Waals surface area (Å²) < 4.78 is 32.8. The highest BCUT2D eigenvalue weighted by molar-refractivity contribution is 7.92. The van der Waals surface area contributed by atoms with Crippen LogP contribution < -0.4 is 15.4 Å². The standard InChI is InChI=1S/C18H23N5O7S/c1-10(25)21-14-16(27)15(26)13(9-24)30-17(14)22-11-3-5-12(6-4-11)31(28,29)23-18-19-7-2-8-20-18/h2-8,13-17,22,24,26-27H,9H2,1H3,(H,21,25)(H,19,20,23)/t13-,14+,15+,16+,17-/m0/s1. The van der Waals surface area contributed by atoms with E-state index in [0.717, 1.165) is 0 Å². The second-order valence-electron chi connectivity index (χ2n) is 6.83. The van der Waals surface area contributed by atoms with E-state index in [4.69, 9.17) is 4.74 Å². The summed E-state index contributed by atoms with van der Waals surface area (Å²) in [7, 11) is -3.92. The first-order valence-corrected chi connectivity index (χ1v) is 10.8. The van der Waals surface area contributed by atoms with Crippen molar-refractivity contribution in [2.45, 2.75) is 42.4 Å². The quantitative estimate of drug-likeness (QED) is 0.292. The third-order valence-electron chi connectivity index (χ3n) is 4.56. The summed E-state index contributed by atoms with van der Waals surface area (Å²) in [4.78, 5) is 19.1. The van der Waals surface area contributed by atoms with E-state index >= 15 is 0 Å². The summed E-state index contributed by atoms with van der Waals surface area (Å²) in [5, 5.41) is 35.2. The number of rotatable bonds is 7. The molecule has 31 heavy (non-hydrogen) atoms. The molecule has 168 valence electrons. The zero-order valence-corrected chi connectivity index (χ0v) is 17.2. The van der Waals surface area contributed by atoms with Gasteiger partial charge in [0.2, 0.25) is 11.9 Å². The van der Waals surface area contributed by atoms with Gasteiger partial charge in [-0.1, -0.05) is 0 Å². The van der Waals surface area contributed by atoms with Crippen molar-refractivity contribution in [2.75, 3.05) is 16.6 Å². The molecule has 6 N–H and O–H groups in total. The highest BCUT2D eigenvalue weighted by Gasteiger charge is 2.44. The molecule has 13 heteroatoms. The van der Waals surface area contributed by atoms with E-state index in [0.29, 0.717) is 5.69 Å². The monoisotopic (exact) mass is 453 g/mol. The van der Waals surface area contributed by atoms with Crippen LogP contribution in [-0.4, -0.2) is 76.8 Å². The van der Waals surface area contributed by atoms with Gasteiger partial charge in [-0.2, -0.15) is 0 Å². The van der Waals surface area contributed by atoms with Crippen LogP contribution in [0.4, 0.5) is 11.6 Å². The molecule has 1 amide bonds. The minimum absolute atomic E-state index is 0.0443. The van der Waals surface area contributed by atoms with Crippen molar-refractivity contribution in [3.8, 4) is 0 Å². The SMILES string of the molecule is CC(=O)N[C@@H]1[C@@H](O)[C@H](O)[C@H](CO)O[C@@H]1Nc1ccc(S(=O)(=O)Nc2ncccn2)cc1. The number of carbonyl (C=O) groups excluding carboxylic acids is 1. The van der Waals surface area contributed by atoms with Gasteiger partial charge in [0.05, 0.1) is 11.5 Å². The summed E-state index contributed by atoms with van der Waals surface area (Å²) in [6, 6.07) is 6.12. The molecule has 0 radical (unpaired) electrons. The van der Waals surface area contributed by atoms with Crippen molar-refractivity contribution in [1.82, 2.24) is 15.3 Å². The van der Waals surface area contributed by atoms with Crippen LogP contribution in [0.25, 0.3) is 0 Å². The molecule has 2 heterocycles. The normalized spacial score (nSPS) is 26.1. The number of amides is 1. The van der Waals surface area contributed by atoms with Gasteiger partial charge in [-0.15, -0.1) is 0 Å². The summed E-state index contributed by atoms with van der Waals surface area (Å²) in [5.41, 5.74) is 0.413. The number of nitrogens with one attached hydrogen (secondary N) is 3. The van der Waals surface area contributed by atoms with Gasteiger partial charge < -0.3 is 30.7 Å². The Hall–Kier alpha value is -2.84. The summed E-state index contributed by atoms with van der Waals surface area (Å²) >= 11 is 0. The fourth-order valence-corrected chi connectivity index (χ4v) is 4.02. The molecule has 1 fully saturated rings. The number of benzene rings is 1. The van der Waals surface area contributed by atoms with Crippen LogP contribution in [0.15, 0.2) is 47.6 Å². The number of hydrogen-bond donors (Lipinski definition) is 6. The Balaban J connectivity index is 1.76. The number of ether oxygens (including phenoxy) is 1. The predicted molar refractivity (Wildman–Crippen MR) is 108 cm³/mol. The number of nitrogens with zero attached hydrogens (tertiary/aromatic N) is 2. The molecule has 0 aliphatic carbocycles. The van der Waals surface area contributed by atoms with E-state index < -0.39 is 53.1 Å². The molecule has 3 rings (SSSR count). The Labute approximate surface area is 178 Å². The third-order valence-corrected chi connectivity index (χ3v) is 5.91. The smallest absolute Gasteiger partial charge is 0.264 e. The number of aromatic nitrogens is 2. The van der Waals surface area contributed by atoms with Crippen molar-refractivity contribution < 1.29 is 33.3 Å². The van der Waals surface area contributed by atoms with Gasteiger partial charge in [0, 0.05) is 25.0 Å². The molecule has 1 aromatic carbocycles. The fraction of sp³-hybridized carbons (Fsp3) is 0.389. The minimum Gasteiger partial charge on any atom is -0.394 e. The molecule has 0 spiro atoms. The van der Waals surface area contributed by atoms with Gasteiger partial charge in [0.1, 0.15) is 24.4 Å². The number of aliphatic hydroxyl groups is 3. The summed E-state index contributed by atoms with van der Waals surface area (Å²) in [6.07, 6.45) is -2.08. The first-order valence-electron chi connectivity index (χ1n) is 9.27. The minimum atomic E-state index is -3.92. The summed E-state index contributed by atoms with van der Waals surface area (Å²) in [6.45, 7) is 0.699. The molecule has 0 bridgehead atoms. The van der Waals surface area contributed by atoms with E-state index in [1.54, 1.807) is 6.07 Å². The molecule has 1 aromatic heterocycles. The van der Waals surface area contributed by atoms with Crippen molar-refractivity contribution in [1.29, 1.82) is 0 Å². The highest BCUT2D eigenvalue weighted by atomic mass is 32.2. The molecule has 1 aliphatic rings. The molecule has 1 saturated heterocycles. The number of hydrogen-bond acceptors (Lipinski definition) is 10. The van der Waals surface area contributed by atoms with Gasteiger partial charge in [-0.3, -0.25) is 4.79 Å². The van der Waals surface area contributed by atoms with Crippen LogP contribution in [0.3, 0.4) is 0 Å². The van der Waals surface area contributed by atoms with Gasteiger partial charge >= 0.3 is 0 Å². The number of aliphatic hydroxyl groups excluding tert-OH is 3. The van der Waals surface area contributed by atoms with Crippen molar-refractivity contribution in [2.24, 2.45) is 0 Å². The molecule has 2 aromatic rings. The van der Waals surface area contributed by atoms with Gasteiger partial charge in [-0.05, 0) is 30.3 Å². The highest BCUT2D eigenvalue weighted by Crippen LogP contribution is 2.24. The molecule has 1 aliphatic heterocycles. The van der Waals surface area contributed by atoms with Crippen molar-refractivity contribution >= 4 is 27.6 Å². The van der Waals surface area contributed by atoms with Crippen LogP contribution in [-0.2, 0) is 19.6 Å². The van der Waals surface area contributed by atoms with E-state index in [2.05, 4.69) is 25.3 Å². The topological polar surface area (TPSA) is 183 Å². The van der Waals surface area contributed by atoms with Crippen molar-refractivity contribution in [3.05, 3.63) is 42.7 Å². The molecular formula is C18H23N5O7S. The van der Waals surface area contributed by atoms with Crippen LogP contribution >= 0.6 is 0 Å². The molecule has 12 nitrogen and oxygen atoms in total. The lowest BCUT2D eigenvalue weighted by Gasteiger charge is -2.43. The maximum atomic E-state index is 12.5. The van der Waals surface area contributed by atoms with Crippen LogP contribution in [0.2, 0.25) is 0 Å². The zero-order valence-electron chi connectivity index (χ0n) is 16.4. The molecular weight excluding hydrogens is 430 g/mol. The van der Waals surface area contributed by atoms with Gasteiger partial charge in [0.25, 0.3) is 10.0 Å². The Morgan fingerprint density at radius 2 is 1.77 bits per heavy atom. The molecule has 0 unspecified atom stereocenters. The zero-order chi connectivity index (χ0) is 22.6. The number of sulfonamides is 1.